The first-order valence-electron chi connectivity index (χ1n) is 15.3. The summed E-state index contributed by atoms with van der Waals surface area (Å²) >= 11 is 9.22. The molecule has 20 heteroatoms. The van der Waals surface area contributed by atoms with Crippen LogP contribution in [0.2, 0.25) is 0 Å². The highest BCUT2D eigenvalue weighted by Crippen LogP contribution is 2.30. The zero-order valence-electron chi connectivity index (χ0n) is 27.0. The molecule has 50 heavy (non-hydrogen) atoms. The van der Waals surface area contributed by atoms with E-state index in [9.17, 15) is 26.8 Å². The van der Waals surface area contributed by atoms with Crippen molar-refractivity contribution in [3.63, 3.8) is 0 Å². The first kappa shape index (κ1) is 39.0. The Morgan fingerprint density at radius 2 is 1.30 bits per heavy atom. The molecule has 0 spiro atoms. The monoisotopic (exact) mass is 772 g/mol. The number of anilines is 4. The van der Waals surface area contributed by atoms with Crippen LogP contribution in [-0.4, -0.2) is 118 Å². The Labute approximate surface area is 303 Å². The first-order valence-corrected chi connectivity index (χ1v) is 19.1. The standard InChI is InChI=1S/C15H19FN4O3S2.C15H16FN3O3S2.H3N/c16-12-7-10(1-2-13(12)19-3-5-25(22)6-4-19)20-9-11(23-15(20)21)8-18-14(17)24;16-13-7-11(19-9-12(8-17-10-23)22-15(19)20)1-2-14(13)18-3-5-24(21)6-4-18;/h1-2,7,11H,3-6,8-9H2,(H3,17,18,24);1-2,7,12H,3-6,8-9H2;1H3/t11-;12-;/m00./s1. The summed E-state index contributed by atoms with van der Waals surface area (Å²) in [6.07, 6.45) is -1.88. The van der Waals surface area contributed by atoms with Crippen molar-refractivity contribution in [3.8, 4) is 0 Å². The lowest BCUT2D eigenvalue weighted by Gasteiger charge is -2.29. The van der Waals surface area contributed by atoms with Gasteiger partial charge in [-0.25, -0.2) is 23.4 Å². The molecule has 0 unspecified atom stereocenters. The molecule has 0 aliphatic carbocycles. The topological polar surface area (TPSA) is 185 Å². The molecule has 4 fully saturated rings. The molecule has 4 aliphatic heterocycles. The van der Waals surface area contributed by atoms with E-state index in [0.29, 0.717) is 85.0 Å². The number of rotatable bonds is 8. The summed E-state index contributed by atoms with van der Waals surface area (Å²) in [7, 11) is -1.63. The number of thiocarbonyl (C=S) groups is 2. The summed E-state index contributed by atoms with van der Waals surface area (Å²) in [6.45, 7) is 3.37. The Morgan fingerprint density at radius 1 is 0.860 bits per heavy atom. The number of isothiocyanates is 1. The van der Waals surface area contributed by atoms with Gasteiger partial charge in [-0.05, 0) is 60.8 Å². The van der Waals surface area contributed by atoms with Crippen molar-refractivity contribution < 1.29 is 36.3 Å². The number of amides is 2. The second kappa shape index (κ2) is 17.9. The van der Waals surface area contributed by atoms with E-state index in [2.05, 4.69) is 27.7 Å². The van der Waals surface area contributed by atoms with E-state index >= 15 is 0 Å². The van der Waals surface area contributed by atoms with Crippen LogP contribution < -0.4 is 36.8 Å². The van der Waals surface area contributed by atoms with Crippen LogP contribution in [0.4, 0.5) is 41.1 Å². The Morgan fingerprint density at radius 3 is 1.72 bits per heavy atom. The van der Waals surface area contributed by atoms with Crippen molar-refractivity contribution >= 4 is 91.2 Å². The molecule has 6 N–H and O–H groups in total. The molecule has 4 heterocycles. The number of aliphatic imine (C=N–C) groups is 1. The molecule has 272 valence electrons. The van der Waals surface area contributed by atoms with E-state index in [4.69, 9.17) is 27.4 Å². The largest absolute Gasteiger partial charge is 0.442 e. The number of nitrogens with two attached hydrogens (primary N) is 1. The number of hydrogen-bond acceptors (Lipinski definition) is 12. The lowest BCUT2D eigenvalue weighted by molar-refractivity contribution is 0.142. The SMILES string of the molecule is N.NC(=S)NC[C@H]1CN(c2ccc(N3CCS(=O)CC3)c(F)c2)C(=O)O1.O=C1O[C@@H](CN=C=S)CN1c1ccc(N2CCS(=O)CC2)c(F)c1. The minimum atomic E-state index is -0.819. The lowest BCUT2D eigenvalue weighted by Crippen LogP contribution is -2.38. The Hall–Kier alpha value is -3.81. The molecule has 2 aromatic carbocycles. The number of nitrogens with one attached hydrogen (secondary N) is 1. The van der Waals surface area contributed by atoms with E-state index < -0.39 is 57.6 Å². The number of cyclic esters (lactones) is 2. The predicted molar refractivity (Wildman–Crippen MR) is 198 cm³/mol. The van der Waals surface area contributed by atoms with Crippen LogP contribution in [0, 0.1) is 11.6 Å². The maximum absolute atomic E-state index is 14.5. The van der Waals surface area contributed by atoms with Crippen molar-refractivity contribution in [2.45, 2.75) is 12.2 Å². The van der Waals surface area contributed by atoms with Crippen molar-refractivity contribution in [2.24, 2.45) is 10.7 Å². The molecule has 4 saturated heterocycles. The first-order chi connectivity index (χ1) is 23.5. The number of carbonyl (C=O) groups is 2. The maximum atomic E-state index is 14.5. The highest BCUT2D eigenvalue weighted by atomic mass is 32.2. The highest BCUT2D eigenvalue weighted by molar-refractivity contribution is 7.85. The lowest BCUT2D eigenvalue weighted by atomic mass is 10.2. The van der Waals surface area contributed by atoms with Gasteiger partial charge in [-0.2, -0.15) is 0 Å². The fraction of sp³-hybridized carbons (Fsp3) is 0.467. The van der Waals surface area contributed by atoms with Crippen LogP contribution in [0.3, 0.4) is 0 Å². The van der Waals surface area contributed by atoms with Gasteiger partial charge in [0.2, 0.25) is 0 Å². The van der Waals surface area contributed by atoms with Crippen LogP contribution in [-0.2, 0) is 31.1 Å². The van der Waals surface area contributed by atoms with Gasteiger partial charge in [0.05, 0.1) is 54.1 Å². The van der Waals surface area contributed by atoms with Gasteiger partial charge in [-0.15, -0.1) is 0 Å². The molecule has 6 rings (SSSR count). The minimum absolute atomic E-state index is 0. The molecule has 0 saturated carbocycles. The van der Waals surface area contributed by atoms with Gasteiger partial charge in [0.1, 0.15) is 23.8 Å². The van der Waals surface area contributed by atoms with E-state index in [1.165, 1.54) is 21.9 Å². The molecule has 2 atom stereocenters. The minimum Gasteiger partial charge on any atom is -0.442 e. The second-order valence-electron chi connectivity index (χ2n) is 11.4. The molecule has 0 radical (unpaired) electrons. The van der Waals surface area contributed by atoms with Crippen molar-refractivity contribution in [1.82, 2.24) is 11.5 Å². The fourth-order valence-electron chi connectivity index (χ4n) is 5.62. The van der Waals surface area contributed by atoms with Gasteiger partial charge in [0, 0.05) is 70.8 Å². The van der Waals surface area contributed by atoms with E-state index in [-0.39, 0.29) is 24.4 Å². The van der Waals surface area contributed by atoms with E-state index in [1.807, 2.05) is 9.80 Å². The van der Waals surface area contributed by atoms with Crippen LogP contribution in [0.1, 0.15) is 0 Å². The summed E-state index contributed by atoms with van der Waals surface area (Å²) in [6, 6.07) is 9.32. The Kier molecular flexibility index (Phi) is 14.0. The van der Waals surface area contributed by atoms with Crippen LogP contribution in [0.5, 0.6) is 0 Å². The number of halogens is 2. The number of hydrogen-bond donors (Lipinski definition) is 3. The normalized spacial score (nSPS) is 21.0. The van der Waals surface area contributed by atoms with Crippen molar-refractivity contribution in [1.29, 1.82) is 0 Å². The number of ether oxygens (including phenoxy) is 2. The Balaban J connectivity index is 0.000000220. The van der Waals surface area contributed by atoms with Gasteiger partial charge in [0.25, 0.3) is 0 Å². The average Bonchev–Trinajstić information content (AvgIpc) is 3.65. The smallest absolute Gasteiger partial charge is 0.414 e. The molecule has 4 aliphatic rings. The molecule has 0 bridgehead atoms. The second-order valence-corrected chi connectivity index (χ2v) is 15.4. The molecule has 2 aromatic rings. The molecular formula is C30H38F2N8O6S4. The van der Waals surface area contributed by atoms with Gasteiger partial charge < -0.3 is 36.5 Å². The number of nitrogens with zero attached hydrogens (tertiary/aromatic N) is 5. The van der Waals surface area contributed by atoms with Gasteiger partial charge in [-0.3, -0.25) is 18.2 Å². The zero-order chi connectivity index (χ0) is 35.1. The summed E-state index contributed by atoms with van der Waals surface area (Å²) in [5.41, 5.74) is 7.16. The van der Waals surface area contributed by atoms with Gasteiger partial charge in [-0.1, -0.05) is 0 Å². The molecule has 2 amide bonds. The van der Waals surface area contributed by atoms with E-state index in [1.54, 1.807) is 24.3 Å². The molecular weight excluding hydrogens is 735 g/mol. The number of benzene rings is 2. The summed E-state index contributed by atoms with van der Waals surface area (Å²) in [5, 5.41) is 5.11. The fourth-order valence-corrected chi connectivity index (χ4v) is 7.88. The molecule has 0 aromatic heterocycles. The van der Waals surface area contributed by atoms with Crippen LogP contribution >= 0.6 is 24.4 Å². The summed E-state index contributed by atoms with van der Waals surface area (Å²) in [5.74, 6) is 1.34. The summed E-state index contributed by atoms with van der Waals surface area (Å²) in [4.78, 5) is 34.2. The van der Waals surface area contributed by atoms with Crippen molar-refractivity contribution in [2.75, 3.05) is 95.0 Å². The third-order valence-electron chi connectivity index (χ3n) is 8.13. The summed E-state index contributed by atoms with van der Waals surface area (Å²) < 4.78 is 62.2. The zero-order valence-corrected chi connectivity index (χ0v) is 30.2. The third-order valence-corrected chi connectivity index (χ3v) is 11.0. The van der Waals surface area contributed by atoms with E-state index in [0.717, 1.165) is 0 Å². The maximum Gasteiger partial charge on any atom is 0.414 e. The third kappa shape index (κ3) is 9.91. The van der Waals surface area contributed by atoms with Crippen molar-refractivity contribution in [3.05, 3.63) is 48.0 Å². The van der Waals surface area contributed by atoms with Gasteiger partial charge in [0.15, 0.2) is 5.11 Å². The molecule has 14 nitrogen and oxygen atoms in total. The Bertz CT molecular complexity index is 1670. The van der Waals surface area contributed by atoms with Gasteiger partial charge >= 0.3 is 12.2 Å². The highest BCUT2D eigenvalue weighted by Gasteiger charge is 2.34. The van der Waals surface area contributed by atoms with Crippen LogP contribution in [0.25, 0.3) is 0 Å². The number of carbonyl (C=O) groups excluding carboxylic acids is 2. The quantitative estimate of drug-likeness (QED) is 0.263. The van der Waals surface area contributed by atoms with Crippen LogP contribution in [0.15, 0.2) is 41.4 Å². The average molecular weight is 773 g/mol. The predicted octanol–water partition coefficient (Wildman–Crippen LogP) is 2.54.